The van der Waals surface area contributed by atoms with E-state index in [1.165, 1.54) is 0 Å². The maximum Gasteiger partial charge on any atom is 0.237 e. The number of carbonyl (C=O) groups excluding carboxylic acids is 1. The first-order valence-electron chi connectivity index (χ1n) is 5.61. The average molecular weight is 261 g/mol. The first kappa shape index (κ1) is 15.9. The third kappa shape index (κ3) is 6.92. The van der Waals surface area contributed by atoms with E-state index in [0.29, 0.717) is 13.0 Å². The number of hydrogen-bond donors (Lipinski definition) is 2. The minimum Gasteiger partial charge on any atom is -0.354 e. The number of amides is 1. The van der Waals surface area contributed by atoms with Gasteiger partial charge in [-0.1, -0.05) is 20.3 Å². The number of rotatable bonds is 8. The maximum absolute atomic E-state index is 11.5. The minimum atomic E-state index is -3.32. The van der Waals surface area contributed by atoms with Crippen molar-refractivity contribution in [3.8, 4) is 6.07 Å². The Balaban J connectivity index is 4.05. The Morgan fingerprint density at radius 1 is 1.41 bits per heavy atom. The fraction of sp³-hybridized carbons (Fsp3) is 0.800. The third-order valence-corrected chi connectivity index (χ3v) is 3.55. The summed E-state index contributed by atoms with van der Waals surface area (Å²) in [7, 11) is -3.32. The fourth-order valence-corrected chi connectivity index (χ4v) is 2.22. The van der Waals surface area contributed by atoms with Crippen LogP contribution in [0.1, 0.15) is 26.7 Å². The van der Waals surface area contributed by atoms with Crippen LogP contribution in [0.15, 0.2) is 0 Å². The van der Waals surface area contributed by atoms with Crippen LogP contribution in [0.2, 0.25) is 0 Å². The quantitative estimate of drug-likeness (QED) is 0.641. The van der Waals surface area contributed by atoms with Crippen LogP contribution in [0, 0.1) is 17.2 Å². The highest BCUT2D eigenvalue weighted by atomic mass is 32.2. The lowest BCUT2D eigenvalue weighted by Gasteiger charge is -2.09. The van der Waals surface area contributed by atoms with E-state index in [-0.39, 0.29) is 12.3 Å². The SMILES string of the molecule is CCCC(C#N)C(=O)NCCS(=O)(=O)NCC. The number of hydrogen-bond acceptors (Lipinski definition) is 4. The zero-order valence-electron chi connectivity index (χ0n) is 10.2. The first-order valence-corrected chi connectivity index (χ1v) is 7.26. The van der Waals surface area contributed by atoms with Crippen molar-refractivity contribution in [2.24, 2.45) is 5.92 Å². The van der Waals surface area contributed by atoms with E-state index in [2.05, 4.69) is 10.0 Å². The summed E-state index contributed by atoms with van der Waals surface area (Å²) in [5, 5.41) is 11.2. The summed E-state index contributed by atoms with van der Waals surface area (Å²) < 4.78 is 24.8. The van der Waals surface area contributed by atoms with E-state index in [1.54, 1.807) is 6.92 Å². The van der Waals surface area contributed by atoms with Crippen molar-refractivity contribution in [1.82, 2.24) is 10.0 Å². The number of nitrogens with one attached hydrogen (secondary N) is 2. The first-order chi connectivity index (χ1) is 7.96. The van der Waals surface area contributed by atoms with Crippen molar-refractivity contribution < 1.29 is 13.2 Å². The van der Waals surface area contributed by atoms with E-state index in [4.69, 9.17) is 5.26 Å². The van der Waals surface area contributed by atoms with Crippen LogP contribution < -0.4 is 10.0 Å². The Morgan fingerprint density at radius 2 is 2.06 bits per heavy atom. The van der Waals surface area contributed by atoms with Crippen LogP contribution in [-0.2, 0) is 14.8 Å². The van der Waals surface area contributed by atoms with E-state index < -0.39 is 21.8 Å². The predicted octanol–water partition coefficient (Wildman–Crippen LogP) is -0.0182. The second-order valence-electron chi connectivity index (χ2n) is 3.58. The van der Waals surface area contributed by atoms with Crippen molar-refractivity contribution in [3.05, 3.63) is 0 Å². The van der Waals surface area contributed by atoms with Gasteiger partial charge < -0.3 is 5.32 Å². The fourth-order valence-electron chi connectivity index (χ4n) is 1.27. The molecule has 17 heavy (non-hydrogen) atoms. The van der Waals surface area contributed by atoms with Gasteiger partial charge in [-0.15, -0.1) is 0 Å². The Hall–Kier alpha value is -1.13. The monoisotopic (exact) mass is 261 g/mol. The highest BCUT2D eigenvalue weighted by molar-refractivity contribution is 7.89. The van der Waals surface area contributed by atoms with Gasteiger partial charge in [0.25, 0.3) is 0 Å². The zero-order valence-corrected chi connectivity index (χ0v) is 11.0. The molecule has 1 unspecified atom stereocenters. The van der Waals surface area contributed by atoms with Gasteiger partial charge in [0.2, 0.25) is 15.9 Å². The van der Waals surface area contributed by atoms with Gasteiger partial charge in [0, 0.05) is 13.1 Å². The van der Waals surface area contributed by atoms with E-state index in [1.807, 2.05) is 13.0 Å². The molecular formula is C10H19N3O3S. The van der Waals surface area contributed by atoms with Crippen molar-refractivity contribution in [1.29, 1.82) is 5.26 Å². The minimum absolute atomic E-state index is 0.0239. The molecule has 0 aliphatic carbocycles. The van der Waals surface area contributed by atoms with Crippen molar-refractivity contribution in [2.75, 3.05) is 18.8 Å². The average Bonchev–Trinajstić information content (AvgIpc) is 2.25. The topological polar surface area (TPSA) is 99.1 Å². The predicted molar refractivity (Wildman–Crippen MR) is 64.5 cm³/mol. The second kappa shape index (κ2) is 8.03. The lowest BCUT2D eigenvalue weighted by Crippen LogP contribution is -2.36. The molecule has 1 atom stereocenters. The zero-order chi connectivity index (χ0) is 13.3. The Kier molecular flexibility index (Phi) is 7.50. The van der Waals surface area contributed by atoms with Crippen molar-refractivity contribution >= 4 is 15.9 Å². The van der Waals surface area contributed by atoms with Crippen molar-refractivity contribution in [2.45, 2.75) is 26.7 Å². The van der Waals surface area contributed by atoms with Crippen LogP contribution in [0.5, 0.6) is 0 Å². The lowest BCUT2D eigenvalue weighted by atomic mass is 10.1. The molecule has 98 valence electrons. The largest absolute Gasteiger partial charge is 0.354 e. The number of nitriles is 1. The molecule has 0 saturated heterocycles. The summed E-state index contributed by atoms with van der Waals surface area (Å²) in [6.07, 6.45) is 1.23. The Morgan fingerprint density at radius 3 is 2.53 bits per heavy atom. The van der Waals surface area contributed by atoms with Gasteiger partial charge in [-0.25, -0.2) is 13.1 Å². The molecule has 0 bridgehead atoms. The molecule has 0 spiro atoms. The summed E-state index contributed by atoms with van der Waals surface area (Å²) in [6.45, 7) is 3.92. The molecule has 0 saturated carbocycles. The van der Waals surface area contributed by atoms with Gasteiger partial charge in [0.05, 0.1) is 11.8 Å². The van der Waals surface area contributed by atoms with E-state index in [0.717, 1.165) is 6.42 Å². The summed E-state index contributed by atoms with van der Waals surface area (Å²) in [6, 6.07) is 1.90. The third-order valence-electron chi connectivity index (χ3n) is 2.08. The highest BCUT2D eigenvalue weighted by Gasteiger charge is 2.17. The Bertz CT molecular complexity index is 373. The molecule has 0 aromatic carbocycles. The highest BCUT2D eigenvalue weighted by Crippen LogP contribution is 2.04. The molecular weight excluding hydrogens is 242 g/mol. The van der Waals surface area contributed by atoms with Gasteiger partial charge in [-0.2, -0.15) is 5.26 Å². The molecule has 0 fully saturated rings. The molecule has 0 aliphatic rings. The molecule has 1 amide bonds. The molecule has 0 aliphatic heterocycles. The van der Waals surface area contributed by atoms with E-state index in [9.17, 15) is 13.2 Å². The van der Waals surface area contributed by atoms with Gasteiger partial charge in [0.15, 0.2) is 0 Å². The molecule has 0 heterocycles. The van der Waals surface area contributed by atoms with Crippen LogP contribution in [0.25, 0.3) is 0 Å². The Labute approximate surface area is 102 Å². The van der Waals surface area contributed by atoms with E-state index >= 15 is 0 Å². The smallest absolute Gasteiger partial charge is 0.237 e. The van der Waals surface area contributed by atoms with Gasteiger partial charge in [-0.05, 0) is 6.42 Å². The van der Waals surface area contributed by atoms with Gasteiger partial charge >= 0.3 is 0 Å². The maximum atomic E-state index is 11.5. The molecule has 2 N–H and O–H groups in total. The molecule has 6 nitrogen and oxygen atoms in total. The summed E-state index contributed by atoms with van der Waals surface area (Å²) in [5.41, 5.74) is 0. The number of carbonyl (C=O) groups is 1. The summed E-state index contributed by atoms with van der Waals surface area (Å²) in [4.78, 5) is 11.5. The molecule has 7 heteroatoms. The van der Waals surface area contributed by atoms with Gasteiger partial charge in [0.1, 0.15) is 5.92 Å². The molecule has 0 aromatic rings. The molecule has 0 aromatic heterocycles. The molecule has 0 rings (SSSR count). The van der Waals surface area contributed by atoms with Crippen LogP contribution in [-0.4, -0.2) is 33.2 Å². The normalized spacial score (nSPS) is 12.8. The van der Waals surface area contributed by atoms with Crippen molar-refractivity contribution in [3.63, 3.8) is 0 Å². The van der Waals surface area contributed by atoms with Crippen LogP contribution in [0.3, 0.4) is 0 Å². The lowest BCUT2D eigenvalue weighted by molar-refractivity contribution is -0.123. The standard InChI is InChI=1S/C10H19N3O3S/c1-3-5-9(8-11)10(14)12-6-7-17(15,16)13-4-2/h9,13H,3-7H2,1-2H3,(H,12,14). The molecule has 0 radical (unpaired) electrons. The number of sulfonamides is 1. The number of nitrogens with zero attached hydrogens (tertiary/aromatic N) is 1. The second-order valence-corrected chi connectivity index (χ2v) is 5.50. The van der Waals surface area contributed by atoms with Crippen LogP contribution >= 0.6 is 0 Å². The van der Waals surface area contributed by atoms with Crippen LogP contribution in [0.4, 0.5) is 0 Å². The summed E-state index contributed by atoms with van der Waals surface area (Å²) >= 11 is 0. The van der Waals surface area contributed by atoms with Gasteiger partial charge in [-0.3, -0.25) is 4.79 Å². The summed E-state index contributed by atoms with van der Waals surface area (Å²) in [5.74, 6) is -1.26.